The Morgan fingerprint density at radius 1 is 0.382 bits per heavy atom. The summed E-state index contributed by atoms with van der Waals surface area (Å²) >= 11 is 0. The molecule has 1 aliphatic heterocycles. The van der Waals surface area contributed by atoms with Crippen molar-refractivity contribution in [3.63, 3.8) is 0 Å². The van der Waals surface area contributed by atoms with E-state index >= 15 is 0 Å². The molecule has 0 amide bonds. The molecule has 0 unspecified atom stereocenters. The van der Waals surface area contributed by atoms with E-state index in [1.54, 1.807) is 0 Å². The van der Waals surface area contributed by atoms with Crippen molar-refractivity contribution < 1.29 is 0 Å². The zero-order chi connectivity index (χ0) is 37.1. The van der Waals surface area contributed by atoms with Crippen LogP contribution in [0.5, 0.6) is 0 Å². The first-order chi connectivity index (χ1) is 26.8. The molecule has 8 aromatic carbocycles. The van der Waals surface area contributed by atoms with Crippen LogP contribution in [-0.2, 0) is 10.8 Å². The highest BCUT2D eigenvalue weighted by Gasteiger charge is 2.46. The van der Waals surface area contributed by atoms with Gasteiger partial charge in [0.15, 0.2) is 0 Å². The topological polar surface area (TPSA) is 16.1 Å². The van der Waals surface area contributed by atoms with E-state index in [-0.39, 0.29) is 10.8 Å². The largest absolute Gasteiger partial charge is 0.310 e. The molecule has 0 fully saturated rings. The summed E-state index contributed by atoms with van der Waals surface area (Å²) in [5.74, 6) is 0. The van der Waals surface area contributed by atoms with Crippen molar-refractivity contribution in [2.45, 2.75) is 38.5 Å². The van der Waals surface area contributed by atoms with Crippen molar-refractivity contribution in [1.82, 2.24) is 4.98 Å². The van der Waals surface area contributed by atoms with Crippen LogP contribution < -0.4 is 4.90 Å². The van der Waals surface area contributed by atoms with Crippen molar-refractivity contribution in [2.75, 3.05) is 4.90 Å². The Bertz CT molecular complexity index is 2970. The van der Waals surface area contributed by atoms with E-state index in [0.29, 0.717) is 0 Å². The van der Waals surface area contributed by atoms with Gasteiger partial charge < -0.3 is 4.90 Å². The molecule has 0 saturated heterocycles. The van der Waals surface area contributed by atoms with Gasteiger partial charge in [-0.2, -0.15) is 0 Å². The average Bonchev–Trinajstić information content (AvgIpc) is 3.45. The predicted octanol–water partition coefficient (Wildman–Crippen LogP) is 14.3. The quantitative estimate of drug-likeness (QED) is 0.170. The van der Waals surface area contributed by atoms with E-state index in [4.69, 9.17) is 4.98 Å². The van der Waals surface area contributed by atoms with Gasteiger partial charge in [-0.1, -0.05) is 161 Å². The van der Waals surface area contributed by atoms with Gasteiger partial charge in [-0.15, -0.1) is 0 Å². The molecule has 1 aliphatic carbocycles. The Morgan fingerprint density at radius 2 is 0.873 bits per heavy atom. The molecular formula is C53H40N2. The molecule has 2 heteroatoms. The Balaban J connectivity index is 1.20. The van der Waals surface area contributed by atoms with Crippen molar-refractivity contribution in [3.8, 4) is 33.6 Å². The summed E-state index contributed by atoms with van der Waals surface area (Å²) in [6, 6.07) is 62.4. The lowest BCUT2D eigenvalue weighted by Gasteiger charge is -2.44. The fraction of sp³-hybridized carbons (Fsp3) is 0.113. The molecule has 9 aromatic rings. The van der Waals surface area contributed by atoms with Gasteiger partial charge in [-0.05, 0) is 102 Å². The van der Waals surface area contributed by atoms with Crippen LogP contribution in [0.15, 0.2) is 170 Å². The second-order valence-corrected chi connectivity index (χ2v) is 16.3. The van der Waals surface area contributed by atoms with Crippen LogP contribution in [-0.4, -0.2) is 4.98 Å². The van der Waals surface area contributed by atoms with E-state index in [1.165, 1.54) is 77.1 Å². The maximum atomic E-state index is 5.26. The highest BCUT2D eigenvalue weighted by Crippen LogP contribution is 2.61. The van der Waals surface area contributed by atoms with E-state index in [2.05, 4.69) is 202 Å². The minimum absolute atomic E-state index is 0.241. The monoisotopic (exact) mass is 704 g/mol. The van der Waals surface area contributed by atoms with Crippen molar-refractivity contribution >= 4 is 49.4 Å². The third kappa shape index (κ3) is 4.52. The predicted molar refractivity (Wildman–Crippen MR) is 232 cm³/mol. The molecule has 0 atom stereocenters. The van der Waals surface area contributed by atoms with Gasteiger partial charge in [0.25, 0.3) is 0 Å². The molecule has 2 aliphatic rings. The minimum Gasteiger partial charge on any atom is -0.310 e. The molecule has 0 spiro atoms. The molecular weight excluding hydrogens is 665 g/mol. The number of benzene rings is 8. The second-order valence-electron chi connectivity index (χ2n) is 16.3. The molecule has 55 heavy (non-hydrogen) atoms. The van der Waals surface area contributed by atoms with Crippen LogP contribution in [0.4, 0.5) is 17.1 Å². The van der Waals surface area contributed by atoms with Crippen molar-refractivity contribution in [1.29, 1.82) is 0 Å². The van der Waals surface area contributed by atoms with Gasteiger partial charge in [0.05, 0.1) is 28.5 Å². The van der Waals surface area contributed by atoms with Gasteiger partial charge in [0, 0.05) is 22.0 Å². The van der Waals surface area contributed by atoms with E-state index in [0.717, 1.165) is 28.2 Å². The van der Waals surface area contributed by atoms with E-state index in [9.17, 15) is 0 Å². The molecule has 0 saturated carbocycles. The summed E-state index contributed by atoms with van der Waals surface area (Å²) in [6.45, 7) is 9.75. The van der Waals surface area contributed by atoms with E-state index < -0.39 is 0 Å². The summed E-state index contributed by atoms with van der Waals surface area (Å²) in [5.41, 5.74) is 15.4. The average molecular weight is 705 g/mol. The molecule has 2 nitrogen and oxygen atoms in total. The van der Waals surface area contributed by atoms with Crippen LogP contribution in [0.25, 0.3) is 66.0 Å². The fourth-order valence-electron chi connectivity index (χ4n) is 10.0. The zero-order valence-corrected chi connectivity index (χ0v) is 31.6. The van der Waals surface area contributed by atoms with Gasteiger partial charge in [0.1, 0.15) is 0 Å². The van der Waals surface area contributed by atoms with Crippen molar-refractivity contribution in [2.24, 2.45) is 0 Å². The van der Waals surface area contributed by atoms with Crippen LogP contribution in [0.1, 0.15) is 49.9 Å². The van der Waals surface area contributed by atoms with Crippen LogP contribution >= 0.6 is 0 Å². The van der Waals surface area contributed by atoms with Gasteiger partial charge >= 0.3 is 0 Å². The second kappa shape index (κ2) is 11.5. The van der Waals surface area contributed by atoms with Gasteiger partial charge in [-0.25, -0.2) is 4.98 Å². The zero-order valence-electron chi connectivity index (χ0n) is 31.6. The lowest BCUT2D eigenvalue weighted by molar-refractivity contribution is 0.584. The number of nitrogens with zero attached hydrogens (tertiary/aromatic N) is 2. The van der Waals surface area contributed by atoms with Crippen LogP contribution in [0.2, 0.25) is 0 Å². The lowest BCUT2D eigenvalue weighted by atomic mass is 9.67. The maximum Gasteiger partial charge on any atom is 0.0730 e. The summed E-state index contributed by atoms with van der Waals surface area (Å²) in [7, 11) is 0. The normalized spacial score (nSPS) is 14.8. The Kier molecular flexibility index (Phi) is 6.68. The third-order valence-electron chi connectivity index (χ3n) is 12.5. The number of para-hydroxylation sites is 1. The molecule has 2 heterocycles. The van der Waals surface area contributed by atoms with Crippen molar-refractivity contribution in [3.05, 3.63) is 192 Å². The number of rotatable bonds is 3. The SMILES string of the molecule is CC1(C)c2cc3c4ccccc4c4ccccc4c3cc2-c2ccc3c(c21)C(C)(C)c1ccccc1N3c1cc(-c2ccccc2)nc(-c2ccccc2)c1. The lowest BCUT2D eigenvalue weighted by Crippen LogP contribution is -2.34. The highest BCUT2D eigenvalue weighted by atomic mass is 15.2. The summed E-state index contributed by atoms with van der Waals surface area (Å²) in [5, 5.41) is 7.89. The van der Waals surface area contributed by atoms with E-state index in [1.807, 2.05) is 0 Å². The standard InChI is InChI=1S/C53H40N2/c1-52(2)44-25-15-16-26-48(44)55(35-29-46(33-17-7-5-8-18-33)54-47(30-35)34-19-9-6-10-20-34)49-28-27-40-43-31-41-38-23-13-11-21-36(38)37-22-12-14-24-39(37)42(41)32-45(43)53(3,4)50(40)51(49)52/h5-32H,1-4H3. The number of hydrogen-bond acceptors (Lipinski definition) is 2. The Labute approximate surface area is 322 Å². The Hall–Kier alpha value is -6.51. The fourth-order valence-corrected chi connectivity index (χ4v) is 10.0. The first-order valence-corrected chi connectivity index (χ1v) is 19.4. The molecule has 11 rings (SSSR count). The first-order valence-electron chi connectivity index (χ1n) is 19.4. The number of hydrogen-bond donors (Lipinski definition) is 0. The number of fused-ring (bicyclic) bond motifs is 12. The maximum absolute atomic E-state index is 5.26. The highest BCUT2D eigenvalue weighted by molar-refractivity contribution is 6.26. The first kappa shape index (κ1) is 32.0. The number of pyridine rings is 1. The summed E-state index contributed by atoms with van der Waals surface area (Å²) in [4.78, 5) is 7.77. The van der Waals surface area contributed by atoms with Crippen LogP contribution in [0, 0.1) is 0 Å². The third-order valence-corrected chi connectivity index (χ3v) is 12.5. The molecule has 0 radical (unpaired) electrons. The summed E-state index contributed by atoms with van der Waals surface area (Å²) < 4.78 is 0. The molecule has 0 bridgehead atoms. The Morgan fingerprint density at radius 3 is 1.47 bits per heavy atom. The number of anilines is 3. The number of aromatic nitrogens is 1. The van der Waals surface area contributed by atoms with Gasteiger partial charge in [-0.3, -0.25) is 0 Å². The smallest absolute Gasteiger partial charge is 0.0730 e. The van der Waals surface area contributed by atoms with Crippen LogP contribution in [0.3, 0.4) is 0 Å². The van der Waals surface area contributed by atoms with Gasteiger partial charge in [0.2, 0.25) is 0 Å². The summed E-state index contributed by atoms with van der Waals surface area (Å²) in [6.07, 6.45) is 0. The minimum atomic E-state index is -0.260. The molecule has 262 valence electrons. The molecule has 0 N–H and O–H groups in total. The molecule has 1 aromatic heterocycles.